The summed E-state index contributed by atoms with van der Waals surface area (Å²) in [6.45, 7) is 2.64. The van der Waals surface area contributed by atoms with E-state index in [2.05, 4.69) is 58.4 Å². The number of ether oxygens (including phenoxy) is 1. The summed E-state index contributed by atoms with van der Waals surface area (Å²) in [5.74, 6) is 0.765. The molecule has 1 aromatic heterocycles. The van der Waals surface area contributed by atoms with Gasteiger partial charge in [0.1, 0.15) is 6.61 Å². The number of pyridine rings is 1. The summed E-state index contributed by atoms with van der Waals surface area (Å²) in [5.41, 5.74) is 3.73. The van der Waals surface area contributed by atoms with Crippen LogP contribution >= 0.6 is 0 Å². The van der Waals surface area contributed by atoms with Crippen LogP contribution in [0.4, 0.5) is 0 Å². The van der Waals surface area contributed by atoms with Crippen molar-refractivity contribution in [3.05, 3.63) is 95.7 Å². The van der Waals surface area contributed by atoms with Crippen molar-refractivity contribution in [1.29, 1.82) is 0 Å². The molecule has 4 rings (SSSR count). The lowest BCUT2D eigenvalue weighted by Crippen LogP contribution is -2.23. The zero-order valence-corrected chi connectivity index (χ0v) is 14.9. The molecule has 1 atom stereocenters. The summed E-state index contributed by atoms with van der Waals surface area (Å²) in [4.78, 5) is 7.07. The van der Waals surface area contributed by atoms with E-state index in [0.717, 1.165) is 31.0 Å². The van der Waals surface area contributed by atoms with Gasteiger partial charge in [-0.15, -0.1) is 0 Å². The van der Waals surface area contributed by atoms with Gasteiger partial charge in [0.15, 0.2) is 0 Å². The van der Waals surface area contributed by atoms with Crippen LogP contribution in [0.25, 0.3) is 0 Å². The first-order valence-electron chi connectivity index (χ1n) is 9.30. The van der Waals surface area contributed by atoms with Crippen LogP contribution in [0, 0.1) is 0 Å². The van der Waals surface area contributed by atoms with Gasteiger partial charge in [0, 0.05) is 24.3 Å². The molecular weight excluding hydrogens is 320 g/mol. The standard InChI is InChI=1S/C23H24N2O/c1-3-9-19(10-4-1)17-25-16-8-14-22(25)21-13-7-15-24-23(21)26-18-20-11-5-2-6-12-20/h1-7,9-13,15,22H,8,14,16-18H2. The van der Waals surface area contributed by atoms with Gasteiger partial charge in [0.25, 0.3) is 0 Å². The minimum Gasteiger partial charge on any atom is -0.473 e. The lowest BCUT2D eigenvalue weighted by molar-refractivity contribution is 0.232. The van der Waals surface area contributed by atoms with E-state index in [1.165, 1.54) is 17.5 Å². The molecule has 0 aliphatic carbocycles. The first kappa shape index (κ1) is 16.8. The van der Waals surface area contributed by atoms with Crippen molar-refractivity contribution in [2.45, 2.75) is 32.0 Å². The highest BCUT2D eigenvalue weighted by Crippen LogP contribution is 2.37. The zero-order valence-electron chi connectivity index (χ0n) is 14.9. The third-order valence-electron chi connectivity index (χ3n) is 4.97. The molecule has 2 heterocycles. The van der Waals surface area contributed by atoms with Gasteiger partial charge < -0.3 is 4.74 Å². The van der Waals surface area contributed by atoms with Gasteiger partial charge >= 0.3 is 0 Å². The molecule has 1 aliphatic rings. The fraction of sp³-hybridized carbons (Fsp3) is 0.261. The van der Waals surface area contributed by atoms with E-state index in [9.17, 15) is 0 Å². The summed E-state index contributed by atoms with van der Waals surface area (Å²) in [7, 11) is 0. The van der Waals surface area contributed by atoms with Crippen LogP contribution in [0.5, 0.6) is 5.88 Å². The summed E-state index contributed by atoms with van der Waals surface area (Å²) < 4.78 is 6.10. The molecule has 0 N–H and O–H groups in total. The van der Waals surface area contributed by atoms with E-state index in [4.69, 9.17) is 4.74 Å². The Morgan fingerprint density at radius 2 is 1.62 bits per heavy atom. The number of hydrogen-bond acceptors (Lipinski definition) is 3. The number of nitrogens with zero attached hydrogens (tertiary/aromatic N) is 2. The second kappa shape index (κ2) is 8.15. The van der Waals surface area contributed by atoms with Crippen LogP contribution in [0.2, 0.25) is 0 Å². The van der Waals surface area contributed by atoms with Crippen molar-refractivity contribution >= 4 is 0 Å². The van der Waals surface area contributed by atoms with Crippen molar-refractivity contribution in [2.24, 2.45) is 0 Å². The Kier molecular flexibility index (Phi) is 5.27. The van der Waals surface area contributed by atoms with Gasteiger partial charge in [-0.1, -0.05) is 66.7 Å². The molecule has 0 bridgehead atoms. The monoisotopic (exact) mass is 344 g/mol. The van der Waals surface area contributed by atoms with Crippen molar-refractivity contribution < 1.29 is 4.74 Å². The fourth-order valence-corrected chi connectivity index (χ4v) is 3.69. The third kappa shape index (κ3) is 3.94. The molecule has 2 aromatic carbocycles. The van der Waals surface area contributed by atoms with Crippen molar-refractivity contribution in [3.63, 3.8) is 0 Å². The van der Waals surface area contributed by atoms with Crippen LogP contribution < -0.4 is 4.74 Å². The Labute approximate surface area is 155 Å². The number of aromatic nitrogens is 1. The molecule has 26 heavy (non-hydrogen) atoms. The Balaban J connectivity index is 1.51. The molecule has 1 unspecified atom stereocenters. The second-order valence-corrected chi connectivity index (χ2v) is 6.79. The number of benzene rings is 2. The van der Waals surface area contributed by atoms with Crippen LogP contribution in [0.3, 0.4) is 0 Å². The van der Waals surface area contributed by atoms with Gasteiger partial charge in [-0.05, 0) is 36.6 Å². The van der Waals surface area contributed by atoms with E-state index in [-0.39, 0.29) is 0 Å². The Morgan fingerprint density at radius 1 is 0.885 bits per heavy atom. The average Bonchev–Trinajstić information content (AvgIpc) is 3.16. The van der Waals surface area contributed by atoms with E-state index in [1.54, 1.807) is 0 Å². The Hall–Kier alpha value is -2.65. The predicted octanol–water partition coefficient (Wildman–Crippen LogP) is 5.00. The molecule has 3 aromatic rings. The molecule has 1 fully saturated rings. The van der Waals surface area contributed by atoms with E-state index in [1.807, 2.05) is 30.5 Å². The summed E-state index contributed by atoms with van der Waals surface area (Å²) >= 11 is 0. The van der Waals surface area contributed by atoms with Gasteiger partial charge in [0.2, 0.25) is 5.88 Å². The second-order valence-electron chi connectivity index (χ2n) is 6.79. The van der Waals surface area contributed by atoms with Gasteiger partial charge in [-0.3, -0.25) is 4.90 Å². The van der Waals surface area contributed by atoms with Crippen LogP contribution in [-0.4, -0.2) is 16.4 Å². The predicted molar refractivity (Wildman–Crippen MR) is 104 cm³/mol. The van der Waals surface area contributed by atoms with Crippen LogP contribution in [-0.2, 0) is 13.2 Å². The number of hydrogen-bond donors (Lipinski definition) is 0. The molecule has 3 heteroatoms. The fourth-order valence-electron chi connectivity index (χ4n) is 3.69. The molecule has 0 radical (unpaired) electrons. The van der Waals surface area contributed by atoms with Crippen molar-refractivity contribution in [3.8, 4) is 5.88 Å². The zero-order chi connectivity index (χ0) is 17.6. The third-order valence-corrected chi connectivity index (χ3v) is 4.97. The first-order chi connectivity index (χ1) is 12.9. The minimum atomic E-state index is 0.370. The highest BCUT2D eigenvalue weighted by atomic mass is 16.5. The number of likely N-dealkylation sites (tertiary alicyclic amines) is 1. The molecule has 1 saturated heterocycles. The summed E-state index contributed by atoms with van der Waals surface area (Å²) in [5, 5.41) is 0. The Bertz CT molecular complexity index is 820. The van der Waals surface area contributed by atoms with E-state index < -0.39 is 0 Å². The van der Waals surface area contributed by atoms with Crippen molar-refractivity contribution in [2.75, 3.05) is 6.54 Å². The molecule has 0 spiro atoms. The SMILES string of the molecule is c1ccc(COc2ncccc2C2CCCN2Cc2ccccc2)cc1. The van der Waals surface area contributed by atoms with Crippen molar-refractivity contribution in [1.82, 2.24) is 9.88 Å². The quantitative estimate of drug-likeness (QED) is 0.629. The summed E-state index contributed by atoms with van der Waals surface area (Å²) in [6, 6.07) is 25.5. The maximum Gasteiger partial charge on any atom is 0.218 e. The highest BCUT2D eigenvalue weighted by Gasteiger charge is 2.28. The maximum atomic E-state index is 6.10. The van der Waals surface area contributed by atoms with Crippen LogP contribution in [0.15, 0.2) is 79.0 Å². The molecule has 0 amide bonds. The first-order valence-corrected chi connectivity index (χ1v) is 9.30. The van der Waals surface area contributed by atoms with E-state index >= 15 is 0 Å². The molecule has 0 saturated carbocycles. The molecular formula is C23H24N2O. The van der Waals surface area contributed by atoms with Gasteiger partial charge in [-0.2, -0.15) is 0 Å². The van der Waals surface area contributed by atoms with Crippen LogP contribution in [0.1, 0.15) is 35.6 Å². The average molecular weight is 344 g/mol. The van der Waals surface area contributed by atoms with Gasteiger partial charge in [-0.25, -0.2) is 4.98 Å². The highest BCUT2D eigenvalue weighted by molar-refractivity contribution is 5.30. The lowest BCUT2D eigenvalue weighted by Gasteiger charge is -2.26. The molecule has 1 aliphatic heterocycles. The smallest absolute Gasteiger partial charge is 0.218 e. The molecule has 132 valence electrons. The molecule has 3 nitrogen and oxygen atoms in total. The normalized spacial score (nSPS) is 17.3. The lowest BCUT2D eigenvalue weighted by atomic mass is 10.1. The Morgan fingerprint density at radius 3 is 2.38 bits per heavy atom. The summed E-state index contributed by atoms with van der Waals surface area (Å²) in [6.07, 6.45) is 4.19. The minimum absolute atomic E-state index is 0.370. The van der Waals surface area contributed by atoms with Gasteiger partial charge in [0.05, 0.1) is 0 Å². The maximum absolute atomic E-state index is 6.10. The topological polar surface area (TPSA) is 25.4 Å². The largest absolute Gasteiger partial charge is 0.473 e. The number of rotatable bonds is 6. The van der Waals surface area contributed by atoms with E-state index in [0.29, 0.717) is 12.6 Å².